The Kier molecular flexibility index (Phi) is 4.25. The highest BCUT2D eigenvalue weighted by Gasteiger charge is 2.48. The fraction of sp³-hybridized carbons (Fsp3) is 0.579. The topological polar surface area (TPSA) is 87.3 Å². The van der Waals surface area contributed by atoms with E-state index in [-0.39, 0.29) is 5.91 Å². The highest BCUT2D eigenvalue weighted by molar-refractivity contribution is 5.94. The molecule has 0 saturated carbocycles. The van der Waals surface area contributed by atoms with Gasteiger partial charge in [0.2, 0.25) is 0 Å². The number of carbonyl (C=O) groups is 1. The largest absolute Gasteiger partial charge is 0.390 e. The van der Waals surface area contributed by atoms with Crippen LogP contribution in [0.2, 0.25) is 0 Å². The minimum atomic E-state index is -0.895. The summed E-state index contributed by atoms with van der Waals surface area (Å²) in [5.41, 5.74) is 2.39. The highest BCUT2D eigenvalue weighted by Crippen LogP contribution is 2.36. The number of piperidine rings is 1. The van der Waals surface area contributed by atoms with Gasteiger partial charge in [-0.3, -0.25) is 9.20 Å². The van der Waals surface area contributed by atoms with Crippen LogP contribution in [-0.4, -0.2) is 67.9 Å². The van der Waals surface area contributed by atoms with Gasteiger partial charge in [-0.2, -0.15) is 0 Å². The number of amides is 1. The Hall–Kier alpha value is -1.96. The second kappa shape index (κ2) is 6.33. The first-order valence-electron chi connectivity index (χ1n) is 9.16. The van der Waals surface area contributed by atoms with Crippen molar-refractivity contribution in [2.24, 2.45) is 0 Å². The number of ether oxygens (including phenoxy) is 1. The van der Waals surface area contributed by atoms with Gasteiger partial charge in [-0.25, -0.2) is 4.98 Å². The van der Waals surface area contributed by atoms with Gasteiger partial charge in [-0.1, -0.05) is 6.07 Å². The van der Waals surface area contributed by atoms with Gasteiger partial charge >= 0.3 is 0 Å². The molecule has 2 aliphatic heterocycles. The number of likely N-dealkylation sites (tertiary alicyclic amines) is 1. The molecule has 0 radical (unpaired) electrons. The minimum Gasteiger partial charge on any atom is -0.390 e. The van der Waals surface area contributed by atoms with E-state index in [1.807, 2.05) is 36.6 Å². The lowest BCUT2D eigenvalue weighted by molar-refractivity contribution is -0.212. The summed E-state index contributed by atoms with van der Waals surface area (Å²) in [6.07, 6.45) is 1.77. The molecular weight excluding hydrogens is 334 g/mol. The number of nitrogens with zero attached hydrogens (tertiary/aromatic N) is 3. The molecule has 4 heterocycles. The number of hydrogen-bond acceptors (Lipinski definition) is 5. The third kappa shape index (κ3) is 2.71. The van der Waals surface area contributed by atoms with E-state index in [1.165, 1.54) is 0 Å². The average molecular weight is 359 g/mol. The standard InChI is InChI=1S/C19H25N3O4/c1-12-3-4-15-20-13(2)16(22(15)11-12)18(25)21-8-6-19(7-9-21)17(24)14(23)5-10-26-19/h3-4,11,14,17,23-24H,5-10H2,1-2H3/t14-,17-/m0/s1. The molecule has 2 atom stereocenters. The molecular formula is C19H25N3O4. The Morgan fingerprint density at radius 1 is 1.27 bits per heavy atom. The number of hydrogen-bond donors (Lipinski definition) is 2. The van der Waals surface area contributed by atoms with Gasteiger partial charge in [-0.05, 0) is 44.7 Å². The van der Waals surface area contributed by atoms with Crippen LogP contribution in [0.4, 0.5) is 0 Å². The summed E-state index contributed by atoms with van der Waals surface area (Å²) in [6.45, 7) is 5.26. The van der Waals surface area contributed by atoms with Crippen LogP contribution in [0.3, 0.4) is 0 Å². The number of rotatable bonds is 1. The predicted molar refractivity (Wildman–Crippen MR) is 95.1 cm³/mol. The number of fused-ring (bicyclic) bond motifs is 1. The van der Waals surface area contributed by atoms with Gasteiger partial charge in [0.15, 0.2) is 0 Å². The average Bonchev–Trinajstić information content (AvgIpc) is 2.95. The molecule has 2 saturated heterocycles. The van der Waals surface area contributed by atoms with Crippen molar-refractivity contribution in [2.75, 3.05) is 19.7 Å². The van der Waals surface area contributed by atoms with E-state index in [0.29, 0.717) is 50.3 Å². The summed E-state index contributed by atoms with van der Waals surface area (Å²) in [5, 5.41) is 20.4. The van der Waals surface area contributed by atoms with Gasteiger partial charge in [-0.15, -0.1) is 0 Å². The monoisotopic (exact) mass is 359 g/mol. The van der Waals surface area contributed by atoms with E-state index in [4.69, 9.17) is 4.74 Å². The summed E-state index contributed by atoms with van der Waals surface area (Å²) in [5.74, 6) is -0.0544. The molecule has 2 aliphatic rings. The van der Waals surface area contributed by atoms with Crippen LogP contribution in [-0.2, 0) is 4.74 Å². The van der Waals surface area contributed by atoms with Gasteiger partial charge in [0.25, 0.3) is 5.91 Å². The number of aryl methyl sites for hydroxylation is 2. The molecule has 0 aromatic carbocycles. The smallest absolute Gasteiger partial charge is 0.272 e. The fourth-order valence-electron chi connectivity index (χ4n) is 4.18. The van der Waals surface area contributed by atoms with Crippen molar-refractivity contribution in [1.29, 1.82) is 0 Å². The number of aliphatic hydroxyl groups is 2. The maximum Gasteiger partial charge on any atom is 0.272 e. The van der Waals surface area contributed by atoms with Gasteiger partial charge in [0, 0.05) is 19.3 Å². The molecule has 7 heteroatoms. The van der Waals surface area contributed by atoms with Crippen molar-refractivity contribution >= 4 is 11.6 Å². The first-order valence-corrected chi connectivity index (χ1v) is 9.16. The fourth-order valence-corrected chi connectivity index (χ4v) is 4.18. The van der Waals surface area contributed by atoms with E-state index in [1.54, 1.807) is 4.90 Å². The van der Waals surface area contributed by atoms with Crippen molar-refractivity contribution in [3.05, 3.63) is 35.3 Å². The maximum absolute atomic E-state index is 13.1. The number of carbonyl (C=O) groups excluding carboxylic acids is 1. The molecule has 7 nitrogen and oxygen atoms in total. The van der Waals surface area contributed by atoms with Gasteiger partial charge < -0.3 is 19.8 Å². The van der Waals surface area contributed by atoms with E-state index >= 15 is 0 Å². The SMILES string of the molecule is Cc1ccc2nc(C)c(C(=O)N3CCC4(CC3)OCC[C@H](O)[C@@H]4O)n2c1. The number of pyridine rings is 1. The Morgan fingerprint density at radius 2 is 2.00 bits per heavy atom. The van der Waals surface area contributed by atoms with Crippen molar-refractivity contribution in [3.8, 4) is 0 Å². The van der Waals surface area contributed by atoms with Gasteiger partial charge in [0.1, 0.15) is 17.4 Å². The molecule has 0 aliphatic carbocycles. The zero-order valence-electron chi connectivity index (χ0n) is 15.2. The Bertz CT molecular complexity index is 839. The summed E-state index contributed by atoms with van der Waals surface area (Å²) in [6, 6.07) is 3.89. The summed E-state index contributed by atoms with van der Waals surface area (Å²) in [4.78, 5) is 19.4. The maximum atomic E-state index is 13.1. The van der Waals surface area contributed by atoms with Crippen molar-refractivity contribution < 1.29 is 19.7 Å². The van der Waals surface area contributed by atoms with Crippen LogP contribution >= 0.6 is 0 Å². The quantitative estimate of drug-likeness (QED) is 0.795. The highest BCUT2D eigenvalue weighted by atomic mass is 16.5. The zero-order chi connectivity index (χ0) is 18.5. The van der Waals surface area contributed by atoms with Crippen LogP contribution < -0.4 is 0 Å². The van der Waals surface area contributed by atoms with Crippen molar-refractivity contribution in [1.82, 2.24) is 14.3 Å². The third-order valence-corrected chi connectivity index (χ3v) is 5.75. The molecule has 0 unspecified atom stereocenters. The first-order chi connectivity index (χ1) is 12.4. The van der Waals surface area contributed by atoms with Crippen LogP contribution in [0.15, 0.2) is 18.3 Å². The predicted octanol–water partition coefficient (Wildman–Crippen LogP) is 1.07. The molecule has 2 aromatic rings. The Balaban J connectivity index is 1.56. The lowest BCUT2D eigenvalue weighted by Crippen LogP contribution is -2.60. The lowest BCUT2D eigenvalue weighted by Gasteiger charge is -2.48. The van der Waals surface area contributed by atoms with Crippen LogP contribution in [0.25, 0.3) is 5.65 Å². The van der Waals surface area contributed by atoms with E-state index in [0.717, 1.165) is 11.2 Å². The molecule has 1 spiro atoms. The van der Waals surface area contributed by atoms with Crippen molar-refractivity contribution in [3.63, 3.8) is 0 Å². The molecule has 4 rings (SSSR count). The second-order valence-electron chi connectivity index (χ2n) is 7.49. The van der Waals surface area contributed by atoms with E-state index in [2.05, 4.69) is 4.98 Å². The minimum absolute atomic E-state index is 0.0544. The normalized spacial score (nSPS) is 25.8. The summed E-state index contributed by atoms with van der Waals surface area (Å²) < 4.78 is 7.71. The number of aliphatic hydroxyl groups excluding tert-OH is 2. The second-order valence-corrected chi connectivity index (χ2v) is 7.49. The lowest BCUT2D eigenvalue weighted by atomic mass is 9.80. The third-order valence-electron chi connectivity index (χ3n) is 5.75. The van der Waals surface area contributed by atoms with Crippen LogP contribution in [0.5, 0.6) is 0 Å². The molecule has 1 amide bonds. The van der Waals surface area contributed by atoms with Crippen LogP contribution in [0, 0.1) is 13.8 Å². The first kappa shape index (κ1) is 17.5. The van der Waals surface area contributed by atoms with Crippen LogP contribution in [0.1, 0.15) is 41.0 Å². The Labute approximate surface area is 152 Å². The molecule has 2 aromatic heterocycles. The summed E-state index contributed by atoms with van der Waals surface area (Å²) >= 11 is 0. The molecule has 2 N–H and O–H groups in total. The van der Waals surface area contributed by atoms with Gasteiger partial charge in [0.05, 0.1) is 24.0 Å². The molecule has 140 valence electrons. The molecule has 2 fully saturated rings. The van der Waals surface area contributed by atoms with E-state index < -0.39 is 17.8 Å². The molecule has 26 heavy (non-hydrogen) atoms. The van der Waals surface area contributed by atoms with E-state index in [9.17, 15) is 15.0 Å². The van der Waals surface area contributed by atoms with Crippen molar-refractivity contribution in [2.45, 2.75) is 50.9 Å². The number of aromatic nitrogens is 2. The Morgan fingerprint density at radius 3 is 2.73 bits per heavy atom. The summed E-state index contributed by atoms with van der Waals surface area (Å²) in [7, 11) is 0. The zero-order valence-corrected chi connectivity index (χ0v) is 15.2. The molecule has 0 bridgehead atoms. The number of imidazole rings is 1.